The van der Waals surface area contributed by atoms with Crippen molar-refractivity contribution < 1.29 is 9.72 Å². The van der Waals surface area contributed by atoms with Crippen molar-refractivity contribution in [1.29, 1.82) is 0 Å². The molecule has 1 N–H and O–H groups in total. The topological polar surface area (TPSA) is 90.1 Å². The Labute approximate surface area is 154 Å². The molecular weight excluding hydrogens is 352 g/mol. The summed E-state index contributed by atoms with van der Waals surface area (Å²) in [7, 11) is 0. The van der Waals surface area contributed by atoms with Crippen LogP contribution in [0.5, 0.6) is 0 Å². The number of hydrogen-bond donors (Lipinski definition) is 1. The van der Waals surface area contributed by atoms with Crippen molar-refractivity contribution in [3.63, 3.8) is 0 Å². The Morgan fingerprint density at radius 1 is 1.31 bits per heavy atom. The summed E-state index contributed by atoms with van der Waals surface area (Å²) in [5, 5.41) is 13.9. The van der Waals surface area contributed by atoms with Crippen molar-refractivity contribution in [2.75, 3.05) is 12.8 Å². The molecule has 1 heterocycles. The highest BCUT2D eigenvalue weighted by Gasteiger charge is 2.20. The van der Waals surface area contributed by atoms with E-state index in [1.165, 1.54) is 17.8 Å². The van der Waals surface area contributed by atoms with E-state index in [0.29, 0.717) is 19.5 Å². The van der Waals surface area contributed by atoms with Crippen LogP contribution in [0.1, 0.15) is 16.8 Å². The highest BCUT2D eigenvalue weighted by Crippen LogP contribution is 2.24. The molecule has 0 fully saturated rings. The van der Waals surface area contributed by atoms with Gasteiger partial charge in [-0.05, 0) is 36.9 Å². The van der Waals surface area contributed by atoms with Crippen molar-refractivity contribution in [2.45, 2.75) is 17.9 Å². The van der Waals surface area contributed by atoms with Gasteiger partial charge in [0, 0.05) is 24.1 Å². The van der Waals surface area contributed by atoms with Crippen LogP contribution < -0.4 is 5.32 Å². The lowest BCUT2D eigenvalue weighted by molar-refractivity contribution is -0.385. The van der Waals surface area contributed by atoms with E-state index in [1.807, 2.05) is 35.1 Å². The zero-order valence-corrected chi connectivity index (χ0v) is 15.0. The third-order valence-electron chi connectivity index (χ3n) is 4.03. The number of nitro benzene ring substituents is 1. The second-order valence-electron chi connectivity index (χ2n) is 5.68. The third-order valence-corrected chi connectivity index (χ3v) is 4.76. The number of nitrogens with zero attached hydrogens (tertiary/aromatic N) is 3. The fourth-order valence-corrected chi connectivity index (χ4v) is 3.16. The van der Waals surface area contributed by atoms with Crippen molar-refractivity contribution in [3.05, 3.63) is 64.5 Å². The number of thioether (sulfide) groups is 1. The molecule has 8 heteroatoms. The number of fused-ring (bicyclic) bond motifs is 1. The van der Waals surface area contributed by atoms with Crippen LogP contribution in [0.25, 0.3) is 11.0 Å². The number of rotatable bonds is 7. The zero-order valence-electron chi connectivity index (χ0n) is 14.2. The second kappa shape index (κ2) is 8.01. The van der Waals surface area contributed by atoms with E-state index in [-0.39, 0.29) is 11.3 Å². The number of imidazole rings is 1. The average molecular weight is 370 g/mol. The molecule has 3 aromatic rings. The Morgan fingerprint density at radius 2 is 2.12 bits per heavy atom. The maximum atomic E-state index is 12.4. The fourth-order valence-electron chi connectivity index (χ4n) is 2.72. The van der Waals surface area contributed by atoms with E-state index in [0.717, 1.165) is 15.9 Å². The maximum Gasteiger partial charge on any atom is 0.282 e. The standard InChI is InChI=1S/C18H18N4O3S/c1-26-13-7-8-16(22(24)25)14(11-13)18(23)19-9-4-10-21-12-20-15-5-2-3-6-17(15)21/h2-3,5-8,11-12H,4,9-10H2,1H3,(H,19,23). The molecule has 134 valence electrons. The molecule has 1 amide bonds. The van der Waals surface area contributed by atoms with E-state index in [9.17, 15) is 14.9 Å². The Bertz CT molecular complexity index is 955. The van der Waals surface area contributed by atoms with Crippen molar-refractivity contribution in [3.8, 4) is 0 Å². The molecule has 0 saturated heterocycles. The number of para-hydroxylation sites is 2. The van der Waals surface area contributed by atoms with Gasteiger partial charge in [-0.25, -0.2) is 4.98 Å². The van der Waals surface area contributed by atoms with Gasteiger partial charge in [0.1, 0.15) is 5.56 Å². The first-order valence-electron chi connectivity index (χ1n) is 8.10. The van der Waals surface area contributed by atoms with Gasteiger partial charge in [0.2, 0.25) is 0 Å². The van der Waals surface area contributed by atoms with Gasteiger partial charge in [-0.2, -0.15) is 0 Å². The van der Waals surface area contributed by atoms with Gasteiger partial charge in [0.05, 0.1) is 22.3 Å². The second-order valence-corrected chi connectivity index (χ2v) is 6.56. The number of carbonyl (C=O) groups is 1. The number of aryl methyl sites for hydroxylation is 1. The molecule has 0 bridgehead atoms. The zero-order chi connectivity index (χ0) is 18.5. The molecule has 0 saturated carbocycles. The van der Waals surface area contributed by atoms with Gasteiger partial charge in [-0.1, -0.05) is 12.1 Å². The molecule has 0 radical (unpaired) electrons. The third kappa shape index (κ3) is 3.85. The summed E-state index contributed by atoms with van der Waals surface area (Å²) in [5.74, 6) is -0.428. The summed E-state index contributed by atoms with van der Waals surface area (Å²) < 4.78 is 2.03. The summed E-state index contributed by atoms with van der Waals surface area (Å²) in [4.78, 5) is 28.1. The molecule has 0 aliphatic heterocycles. The van der Waals surface area contributed by atoms with Crippen LogP contribution in [0.2, 0.25) is 0 Å². The van der Waals surface area contributed by atoms with Gasteiger partial charge in [-0.15, -0.1) is 11.8 Å². The largest absolute Gasteiger partial charge is 0.352 e. The van der Waals surface area contributed by atoms with Crippen LogP contribution >= 0.6 is 11.8 Å². The first-order chi connectivity index (χ1) is 12.6. The minimum atomic E-state index is -0.531. The summed E-state index contributed by atoms with van der Waals surface area (Å²) in [5.41, 5.74) is 1.89. The molecule has 0 atom stereocenters. The molecule has 0 aliphatic rings. The minimum absolute atomic E-state index is 0.0925. The Balaban J connectivity index is 1.61. The first kappa shape index (κ1) is 17.9. The molecule has 0 aliphatic carbocycles. The normalized spacial score (nSPS) is 10.8. The summed E-state index contributed by atoms with van der Waals surface area (Å²) in [6.07, 6.45) is 4.33. The Hall–Kier alpha value is -2.87. The number of nitro groups is 1. The number of benzene rings is 2. The van der Waals surface area contributed by atoms with E-state index in [4.69, 9.17) is 0 Å². The lowest BCUT2D eigenvalue weighted by Crippen LogP contribution is -2.26. The fraction of sp³-hybridized carbons (Fsp3) is 0.222. The summed E-state index contributed by atoms with van der Waals surface area (Å²) in [6, 6.07) is 12.4. The van der Waals surface area contributed by atoms with Gasteiger partial charge >= 0.3 is 0 Å². The van der Waals surface area contributed by atoms with Crippen LogP contribution in [0, 0.1) is 10.1 Å². The van der Waals surface area contributed by atoms with Crippen molar-refractivity contribution in [2.24, 2.45) is 0 Å². The average Bonchev–Trinajstić information content (AvgIpc) is 3.07. The van der Waals surface area contributed by atoms with Gasteiger partial charge < -0.3 is 9.88 Å². The molecule has 7 nitrogen and oxygen atoms in total. The number of nitrogens with one attached hydrogen (secondary N) is 1. The van der Waals surface area contributed by atoms with Gasteiger partial charge in [-0.3, -0.25) is 14.9 Å². The van der Waals surface area contributed by atoms with Crippen LogP contribution in [0.15, 0.2) is 53.7 Å². The van der Waals surface area contributed by atoms with Crippen LogP contribution in [-0.2, 0) is 6.54 Å². The predicted octanol–water partition coefficient (Wildman–Crippen LogP) is 3.49. The monoisotopic (exact) mass is 370 g/mol. The van der Waals surface area contributed by atoms with Crippen molar-refractivity contribution in [1.82, 2.24) is 14.9 Å². The quantitative estimate of drug-likeness (QED) is 0.298. The lowest BCUT2D eigenvalue weighted by atomic mass is 10.1. The van der Waals surface area contributed by atoms with Crippen LogP contribution in [-0.4, -0.2) is 33.2 Å². The molecule has 2 aromatic carbocycles. The minimum Gasteiger partial charge on any atom is -0.352 e. The maximum absolute atomic E-state index is 12.4. The molecule has 26 heavy (non-hydrogen) atoms. The first-order valence-corrected chi connectivity index (χ1v) is 9.33. The van der Waals surface area contributed by atoms with Crippen LogP contribution in [0.4, 0.5) is 5.69 Å². The lowest BCUT2D eigenvalue weighted by Gasteiger charge is -2.08. The summed E-state index contributed by atoms with van der Waals surface area (Å²) >= 11 is 1.44. The molecule has 0 unspecified atom stereocenters. The molecular formula is C18H18N4O3S. The van der Waals surface area contributed by atoms with Crippen LogP contribution in [0.3, 0.4) is 0 Å². The van der Waals surface area contributed by atoms with E-state index in [2.05, 4.69) is 10.3 Å². The Kier molecular flexibility index (Phi) is 5.52. The molecule has 0 spiro atoms. The highest BCUT2D eigenvalue weighted by atomic mass is 32.2. The number of aromatic nitrogens is 2. The van der Waals surface area contributed by atoms with E-state index >= 15 is 0 Å². The smallest absolute Gasteiger partial charge is 0.282 e. The summed E-state index contributed by atoms with van der Waals surface area (Å²) in [6.45, 7) is 1.12. The van der Waals surface area contributed by atoms with Crippen molar-refractivity contribution >= 4 is 34.4 Å². The van der Waals surface area contributed by atoms with E-state index in [1.54, 1.807) is 18.5 Å². The number of hydrogen-bond acceptors (Lipinski definition) is 5. The number of amides is 1. The highest BCUT2D eigenvalue weighted by molar-refractivity contribution is 7.98. The van der Waals surface area contributed by atoms with Gasteiger partial charge in [0.25, 0.3) is 11.6 Å². The molecule has 1 aromatic heterocycles. The van der Waals surface area contributed by atoms with Gasteiger partial charge in [0.15, 0.2) is 0 Å². The van der Waals surface area contributed by atoms with E-state index < -0.39 is 10.8 Å². The SMILES string of the molecule is CSc1ccc([N+](=O)[O-])c(C(=O)NCCCn2cnc3ccccc32)c1. The number of carbonyl (C=O) groups excluding carboxylic acids is 1. The Morgan fingerprint density at radius 3 is 2.88 bits per heavy atom. The predicted molar refractivity (Wildman–Crippen MR) is 102 cm³/mol. The molecule has 3 rings (SSSR count).